The standard InChI is InChI=1S/C20H30F3N3O3/c1-24-19(26(2)9-6-15-7-10-28-11-8-15)25-13-16-4-5-17(18(12-16)27-3)29-14-20(21,22)23/h4-5,12,15H,6-11,13-14H2,1-3H3,(H,24,25). The van der Waals surface area contributed by atoms with Crippen LogP contribution in [0.3, 0.4) is 0 Å². The topological polar surface area (TPSA) is 55.3 Å². The molecular weight excluding hydrogens is 387 g/mol. The van der Waals surface area contributed by atoms with Crippen molar-refractivity contribution in [1.29, 1.82) is 0 Å². The second-order valence-electron chi connectivity index (χ2n) is 7.06. The number of guanidine groups is 1. The molecule has 1 aliphatic rings. The molecule has 164 valence electrons. The summed E-state index contributed by atoms with van der Waals surface area (Å²) in [6.45, 7) is 1.67. The van der Waals surface area contributed by atoms with E-state index in [-0.39, 0.29) is 11.5 Å². The van der Waals surface area contributed by atoms with Gasteiger partial charge in [0.15, 0.2) is 24.1 Å². The van der Waals surface area contributed by atoms with Gasteiger partial charge in [-0.1, -0.05) is 6.07 Å². The van der Waals surface area contributed by atoms with Crippen LogP contribution in [0.25, 0.3) is 0 Å². The molecule has 6 nitrogen and oxygen atoms in total. The zero-order valence-corrected chi connectivity index (χ0v) is 17.2. The predicted octanol–water partition coefficient (Wildman–Crippen LogP) is 3.46. The molecule has 0 radical (unpaired) electrons. The zero-order chi connectivity index (χ0) is 21.3. The summed E-state index contributed by atoms with van der Waals surface area (Å²) in [6, 6.07) is 4.85. The Morgan fingerprint density at radius 3 is 2.62 bits per heavy atom. The smallest absolute Gasteiger partial charge is 0.422 e. The van der Waals surface area contributed by atoms with Crippen molar-refractivity contribution >= 4 is 5.96 Å². The molecule has 1 aliphatic heterocycles. The van der Waals surface area contributed by atoms with Crippen molar-refractivity contribution < 1.29 is 27.4 Å². The van der Waals surface area contributed by atoms with Crippen LogP contribution >= 0.6 is 0 Å². The number of nitrogens with zero attached hydrogens (tertiary/aromatic N) is 2. The fourth-order valence-electron chi connectivity index (χ4n) is 3.18. The highest BCUT2D eigenvalue weighted by Crippen LogP contribution is 2.29. The van der Waals surface area contributed by atoms with Gasteiger partial charge in [-0.05, 0) is 42.9 Å². The van der Waals surface area contributed by atoms with E-state index in [2.05, 4.69) is 15.2 Å². The monoisotopic (exact) mass is 417 g/mol. The number of rotatable bonds is 8. The third kappa shape index (κ3) is 8.00. The second kappa shape index (κ2) is 11.1. The first-order chi connectivity index (χ1) is 13.8. The highest BCUT2D eigenvalue weighted by atomic mass is 19.4. The van der Waals surface area contributed by atoms with Crippen molar-refractivity contribution in [2.24, 2.45) is 10.9 Å². The molecule has 1 aromatic rings. The molecule has 29 heavy (non-hydrogen) atoms. The Morgan fingerprint density at radius 1 is 1.28 bits per heavy atom. The summed E-state index contributed by atoms with van der Waals surface area (Å²) in [5, 5.41) is 3.28. The molecule has 1 saturated heterocycles. The average Bonchev–Trinajstić information content (AvgIpc) is 2.71. The Morgan fingerprint density at radius 2 is 2.00 bits per heavy atom. The summed E-state index contributed by atoms with van der Waals surface area (Å²) < 4.78 is 52.5. The Hall–Kier alpha value is -2.16. The van der Waals surface area contributed by atoms with Crippen LogP contribution in [-0.2, 0) is 11.3 Å². The molecule has 0 saturated carbocycles. The van der Waals surface area contributed by atoms with Gasteiger partial charge in [0.1, 0.15) is 0 Å². The van der Waals surface area contributed by atoms with E-state index in [0.29, 0.717) is 12.5 Å². The molecule has 0 unspecified atom stereocenters. The zero-order valence-electron chi connectivity index (χ0n) is 17.2. The quantitative estimate of drug-likeness (QED) is 0.519. The van der Waals surface area contributed by atoms with Gasteiger partial charge in [-0.3, -0.25) is 4.99 Å². The van der Waals surface area contributed by atoms with Crippen LogP contribution in [0.5, 0.6) is 11.5 Å². The van der Waals surface area contributed by atoms with Gasteiger partial charge in [0, 0.05) is 40.4 Å². The fourth-order valence-corrected chi connectivity index (χ4v) is 3.18. The van der Waals surface area contributed by atoms with E-state index in [9.17, 15) is 13.2 Å². The first-order valence-electron chi connectivity index (χ1n) is 9.68. The molecule has 0 amide bonds. The molecular formula is C20H30F3N3O3. The maximum atomic E-state index is 12.4. The van der Waals surface area contributed by atoms with Crippen molar-refractivity contribution in [3.63, 3.8) is 0 Å². The Balaban J connectivity index is 1.87. The molecule has 1 heterocycles. The van der Waals surface area contributed by atoms with E-state index in [4.69, 9.17) is 14.2 Å². The van der Waals surface area contributed by atoms with E-state index in [1.807, 2.05) is 7.05 Å². The molecule has 1 aromatic carbocycles. The van der Waals surface area contributed by atoms with E-state index >= 15 is 0 Å². The SMILES string of the molecule is CN=C(NCc1ccc(OCC(F)(F)F)c(OC)c1)N(C)CCC1CCOCC1. The molecule has 1 fully saturated rings. The van der Waals surface area contributed by atoms with Crippen molar-refractivity contribution in [1.82, 2.24) is 10.2 Å². The van der Waals surface area contributed by atoms with Crippen LogP contribution in [-0.4, -0.2) is 64.6 Å². The molecule has 9 heteroatoms. The number of ether oxygens (including phenoxy) is 3. The molecule has 2 rings (SSSR count). The maximum absolute atomic E-state index is 12.4. The first-order valence-corrected chi connectivity index (χ1v) is 9.68. The number of nitrogens with one attached hydrogen (secondary N) is 1. The van der Waals surface area contributed by atoms with Crippen LogP contribution in [0, 0.1) is 5.92 Å². The number of methoxy groups -OCH3 is 1. The van der Waals surface area contributed by atoms with Gasteiger partial charge in [0.05, 0.1) is 7.11 Å². The van der Waals surface area contributed by atoms with E-state index in [0.717, 1.165) is 50.5 Å². The minimum absolute atomic E-state index is 0.0616. The van der Waals surface area contributed by atoms with Crippen LogP contribution in [0.15, 0.2) is 23.2 Å². The van der Waals surface area contributed by atoms with Crippen molar-refractivity contribution in [3.8, 4) is 11.5 Å². The number of hydrogen-bond donors (Lipinski definition) is 1. The lowest BCUT2D eigenvalue weighted by atomic mass is 9.96. The second-order valence-corrected chi connectivity index (χ2v) is 7.06. The summed E-state index contributed by atoms with van der Waals surface area (Å²) >= 11 is 0. The number of benzene rings is 1. The fraction of sp³-hybridized carbons (Fsp3) is 0.650. The summed E-state index contributed by atoms with van der Waals surface area (Å²) in [5.74, 6) is 1.76. The van der Waals surface area contributed by atoms with Crippen LogP contribution in [0.4, 0.5) is 13.2 Å². The van der Waals surface area contributed by atoms with Gasteiger partial charge in [-0.2, -0.15) is 13.2 Å². The predicted molar refractivity (Wildman–Crippen MR) is 106 cm³/mol. The normalized spacial score (nSPS) is 15.9. The Labute approximate surface area is 170 Å². The van der Waals surface area contributed by atoms with Gasteiger partial charge in [-0.15, -0.1) is 0 Å². The maximum Gasteiger partial charge on any atom is 0.422 e. The van der Waals surface area contributed by atoms with E-state index in [1.165, 1.54) is 13.2 Å². The van der Waals surface area contributed by atoms with Gasteiger partial charge < -0.3 is 24.4 Å². The highest BCUT2D eigenvalue weighted by molar-refractivity contribution is 5.79. The van der Waals surface area contributed by atoms with Gasteiger partial charge >= 0.3 is 6.18 Å². The van der Waals surface area contributed by atoms with Crippen LogP contribution in [0.1, 0.15) is 24.8 Å². The van der Waals surface area contributed by atoms with E-state index in [1.54, 1.807) is 19.2 Å². The third-order valence-corrected chi connectivity index (χ3v) is 4.86. The number of hydrogen-bond acceptors (Lipinski definition) is 4. The van der Waals surface area contributed by atoms with Gasteiger partial charge in [-0.25, -0.2) is 0 Å². The number of halogens is 3. The lowest BCUT2D eigenvalue weighted by Gasteiger charge is -2.27. The molecule has 1 N–H and O–H groups in total. The minimum Gasteiger partial charge on any atom is -0.493 e. The van der Waals surface area contributed by atoms with E-state index < -0.39 is 12.8 Å². The number of aliphatic imine (C=N–C) groups is 1. The lowest BCUT2D eigenvalue weighted by molar-refractivity contribution is -0.153. The summed E-state index contributed by atoms with van der Waals surface area (Å²) in [4.78, 5) is 6.39. The highest BCUT2D eigenvalue weighted by Gasteiger charge is 2.29. The molecule has 0 aliphatic carbocycles. The summed E-state index contributed by atoms with van der Waals surface area (Å²) in [7, 11) is 5.11. The largest absolute Gasteiger partial charge is 0.493 e. The van der Waals surface area contributed by atoms with Gasteiger partial charge in [0.2, 0.25) is 0 Å². The third-order valence-electron chi connectivity index (χ3n) is 4.86. The molecule has 0 atom stereocenters. The minimum atomic E-state index is -4.40. The molecule has 0 aromatic heterocycles. The van der Waals surface area contributed by atoms with Crippen LogP contribution < -0.4 is 14.8 Å². The first kappa shape index (κ1) is 23.1. The average molecular weight is 417 g/mol. The van der Waals surface area contributed by atoms with Crippen molar-refractivity contribution in [2.45, 2.75) is 32.0 Å². The van der Waals surface area contributed by atoms with Gasteiger partial charge in [0.25, 0.3) is 0 Å². The summed E-state index contributed by atoms with van der Waals surface area (Å²) in [6.07, 6.45) is -1.11. The van der Waals surface area contributed by atoms with Crippen molar-refractivity contribution in [2.75, 3.05) is 47.6 Å². The Kier molecular flexibility index (Phi) is 8.88. The Bertz CT molecular complexity index is 662. The van der Waals surface area contributed by atoms with Crippen LogP contribution in [0.2, 0.25) is 0 Å². The molecule has 0 bridgehead atoms. The summed E-state index contributed by atoms with van der Waals surface area (Å²) in [5.41, 5.74) is 0.847. The lowest BCUT2D eigenvalue weighted by Crippen LogP contribution is -2.39. The molecule has 0 spiro atoms. The number of alkyl halides is 3. The van der Waals surface area contributed by atoms with Crippen molar-refractivity contribution in [3.05, 3.63) is 23.8 Å².